The molecule has 3 nitrogen and oxygen atoms in total. The molecule has 0 spiro atoms. The van der Waals surface area contributed by atoms with Crippen LogP contribution in [0, 0.1) is 0 Å². The normalized spacial score (nSPS) is 14.2. The molecule has 0 bridgehead atoms. The smallest absolute Gasteiger partial charge is 0.303 e. The standard InChI is InChI=1S/C14H20BrNO2/c1-3-13(11-5-7-12(15)8-6-11)16-10(2)4-9-14(17)18/h5-8,10,13,16H,3-4,9H2,1-2H3,(H,17,18). The number of rotatable bonds is 7. The Hall–Kier alpha value is -0.870. The largest absolute Gasteiger partial charge is 0.481 e. The average molecular weight is 314 g/mol. The Bertz CT molecular complexity index is 378. The zero-order valence-electron chi connectivity index (χ0n) is 10.8. The Labute approximate surface area is 117 Å². The second-order valence-corrected chi connectivity index (χ2v) is 5.43. The van der Waals surface area contributed by atoms with Gasteiger partial charge in [0, 0.05) is 23.0 Å². The maximum absolute atomic E-state index is 10.5. The van der Waals surface area contributed by atoms with Crippen LogP contribution in [0.3, 0.4) is 0 Å². The summed E-state index contributed by atoms with van der Waals surface area (Å²) in [6, 6.07) is 8.73. The van der Waals surface area contributed by atoms with Gasteiger partial charge >= 0.3 is 5.97 Å². The van der Waals surface area contributed by atoms with Gasteiger partial charge in [0.05, 0.1) is 0 Å². The lowest BCUT2D eigenvalue weighted by Crippen LogP contribution is -2.30. The van der Waals surface area contributed by atoms with Crippen molar-refractivity contribution in [3.63, 3.8) is 0 Å². The highest BCUT2D eigenvalue weighted by Crippen LogP contribution is 2.20. The van der Waals surface area contributed by atoms with Gasteiger partial charge in [0.2, 0.25) is 0 Å². The monoisotopic (exact) mass is 313 g/mol. The van der Waals surface area contributed by atoms with E-state index >= 15 is 0 Å². The highest BCUT2D eigenvalue weighted by Gasteiger charge is 2.13. The molecule has 0 saturated carbocycles. The summed E-state index contributed by atoms with van der Waals surface area (Å²) in [5, 5.41) is 12.1. The third kappa shape index (κ3) is 5.19. The van der Waals surface area contributed by atoms with Crippen molar-refractivity contribution in [2.24, 2.45) is 0 Å². The number of halogens is 1. The second-order valence-electron chi connectivity index (χ2n) is 4.51. The summed E-state index contributed by atoms with van der Waals surface area (Å²) in [5.74, 6) is -0.736. The lowest BCUT2D eigenvalue weighted by atomic mass is 10.0. The van der Waals surface area contributed by atoms with Crippen molar-refractivity contribution in [1.82, 2.24) is 5.32 Å². The number of hydrogen-bond acceptors (Lipinski definition) is 2. The predicted molar refractivity (Wildman–Crippen MR) is 76.6 cm³/mol. The van der Waals surface area contributed by atoms with Crippen molar-refractivity contribution in [3.8, 4) is 0 Å². The number of aliphatic carboxylic acids is 1. The van der Waals surface area contributed by atoms with Gasteiger partial charge in [0.25, 0.3) is 0 Å². The number of carbonyl (C=O) groups is 1. The fourth-order valence-electron chi connectivity index (χ4n) is 1.91. The Morgan fingerprint density at radius 2 is 2.00 bits per heavy atom. The molecule has 1 rings (SSSR count). The molecule has 0 heterocycles. The number of carboxylic acid groups (broad SMARTS) is 1. The van der Waals surface area contributed by atoms with E-state index in [9.17, 15) is 4.79 Å². The maximum atomic E-state index is 10.5. The Balaban J connectivity index is 2.56. The van der Waals surface area contributed by atoms with Gasteiger partial charge in [-0.15, -0.1) is 0 Å². The van der Waals surface area contributed by atoms with Gasteiger partial charge in [-0.3, -0.25) is 4.79 Å². The van der Waals surface area contributed by atoms with E-state index in [0.29, 0.717) is 6.42 Å². The molecule has 1 aromatic rings. The maximum Gasteiger partial charge on any atom is 0.303 e. The molecule has 1 aromatic carbocycles. The molecular weight excluding hydrogens is 294 g/mol. The van der Waals surface area contributed by atoms with Gasteiger partial charge in [0.1, 0.15) is 0 Å². The first kappa shape index (κ1) is 15.2. The van der Waals surface area contributed by atoms with Crippen LogP contribution in [0.1, 0.15) is 44.7 Å². The van der Waals surface area contributed by atoms with Crippen LogP contribution >= 0.6 is 15.9 Å². The first-order chi connectivity index (χ1) is 8.52. The van der Waals surface area contributed by atoms with Crippen molar-refractivity contribution in [2.75, 3.05) is 0 Å². The molecule has 0 amide bonds. The van der Waals surface area contributed by atoms with Crippen LogP contribution in [0.4, 0.5) is 0 Å². The zero-order valence-corrected chi connectivity index (χ0v) is 12.4. The first-order valence-corrected chi connectivity index (χ1v) is 7.05. The lowest BCUT2D eigenvalue weighted by Gasteiger charge is -2.22. The molecule has 100 valence electrons. The fourth-order valence-corrected chi connectivity index (χ4v) is 2.18. The van der Waals surface area contributed by atoms with E-state index in [1.54, 1.807) is 0 Å². The minimum Gasteiger partial charge on any atom is -0.481 e. The van der Waals surface area contributed by atoms with E-state index in [-0.39, 0.29) is 18.5 Å². The molecule has 0 aliphatic rings. The van der Waals surface area contributed by atoms with Crippen LogP contribution in [-0.4, -0.2) is 17.1 Å². The molecule has 0 aromatic heterocycles. The van der Waals surface area contributed by atoms with Gasteiger partial charge in [-0.25, -0.2) is 0 Å². The SMILES string of the molecule is CCC(NC(C)CCC(=O)O)c1ccc(Br)cc1. The van der Waals surface area contributed by atoms with Crippen molar-refractivity contribution < 1.29 is 9.90 Å². The third-order valence-electron chi connectivity index (χ3n) is 2.96. The summed E-state index contributed by atoms with van der Waals surface area (Å²) in [4.78, 5) is 10.5. The number of nitrogens with one attached hydrogen (secondary N) is 1. The summed E-state index contributed by atoms with van der Waals surface area (Å²) < 4.78 is 1.07. The summed E-state index contributed by atoms with van der Waals surface area (Å²) in [5.41, 5.74) is 1.24. The topological polar surface area (TPSA) is 49.3 Å². The Morgan fingerprint density at radius 3 is 2.50 bits per heavy atom. The van der Waals surface area contributed by atoms with E-state index in [0.717, 1.165) is 10.9 Å². The average Bonchev–Trinajstić information content (AvgIpc) is 2.34. The molecule has 0 aliphatic carbocycles. The van der Waals surface area contributed by atoms with Gasteiger partial charge < -0.3 is 10.4 Å². The van der Waals surface area contributed by atoms with Crippen LogP contribution in [0.15, 0.2) is 28.7 Å². The minimum absolute atomic E-state index is 0.203. The molecule has 0 fully saturated rings. The highest BCUT2D eigenvalue weighted by molar-refractivity contribution is 9.10. The molecular formula is C14H20BrNO2. The third-order valence-corrected chi connectivity index (χ3v) is 3.49. The van der Waals surface area contributed by atoms with Crippen molar-refractivity contribution >= 4 is 21.9 Å². The number of benzene rings is 1. The van der Waals surface area contributed by atoms with Crippen molar-refractivity contribution in [2.45, 2.75) is 45.2 Å². The van der Waals surface area contributed by atoms with Gasteiger partial charge in [0.15, 0.2) is 0 Å². The number of hydrogen-bond donors (Lipinski definition) is 2. The molecule has 2 atom stereocenters. The molecule has 0 aliphatic heterocycles. The van der Waals surface area contributed by atoms with Crippen LogP contribution in [-0.2, 0) is 4.79 Å². The van der Waals surface area contributed by atoms with Gasteiger partial charge in [-0.2, -0.15) is 0 Å². The lowest BCUT2D eigenvalue weighted by molar-refractivity contribution is -0.137. The van der Waals surface area contributed by atoms with E-state index in [1.165, 1.54) is 5.56 Å². The van der Waals surface area contributed by atoms with Crippen LogP contribution in [0.25, 0.3) is 0 Å². The summed E-state index contributed by atoms with van der Waals surface area (Å²) in [6.45, 7) is 4.16. The number of carboxylic acids is 1. The van der Waals surface area contributed by atoms with Crippen LogP contribution in [0.5, 0.6) is 0 Å². The zero-order chi connectivity index (χ0) is 13.5. The Morgan fingerprint density at radius 1 is 1.39 bits per heavy atom. The molecule has 2 N–H and O–H groups in total. The van der Waals surface area contributed by atoms with Crippen LogP contribution < -0.4 is 5.32 Å². The van der Waals surface area contributed by atoms with Gasteiger partial charge in [-0.1, -0.05) is 35.0 Å². The Kier molecular flexibility index (Phi) is 6.36. The van der Waals surface area contributed by atoms with E-state index in [4.69, 9.17) is 5.11 Å². The highest BCUT2D eigenvalue weighted by atomic mass is 79.9. The fraction of sp³-hybridized carbons (Fsp3) is 0.500. The second kappa shape index (κ2) is 7.54. The summed E-state index contributed by atoms with van der Waals surface area (Å²) >= 11 is 3.42. The summed E-state index contributed by atoms with van der Waals surface area (Å²) in [6.07, 6.45) is 1.85. The molecule has 0 radical (unpaired) electrons. The molecule has 4 heteroatoms. The summed E-state index contributed by atoms with van der Waals surface area (Å²) in [7, 11) is 0. The van der Waals surface area contributed by atoms with Crippen molar-refractivity contribution in [3.05, 3.63) is 34.3 Å². The molecule has 2 unspecified atom stereocenters. The molecule has 0 saturated heterocycles. The van der Waals surface area contributed by atoms with Crippen LogP contribution in [0.2, 0.25) is 0 Å². The van der Waals surface area contributed by atoms with Crippen molar-refractivity contribution in [1.29, 1.82) is 0 Å². The minimum atomic E-state index is -0.736. The van der Waals surface area contributed by atoms with E-state index in [2.05, 4.69) is 40.3 Å². The van der Waals surface area contributed by atoms with Gasteiger partial charge in [-0.05, 0) is 37.5 Å². The van der Waals surface area contributed by atoms with E-state index < -0.39 is 5.97 Å². The quantitative estimate of drug-likeness (QED) is 0.806. The first-order valence-electron chi connectivity index (χ1n) is 6.26. The predicted octanol–water partition coefficient (Wildman–Crippen LogP) is 3.74. The molecule has 18 heavy (non-hydrogen) atoms. The van der Waals surface area contributed by atoms with E-state index in [1.807, 2.05) is 19.1 Å².